The van der Waals surface area contributed by atoms with Crippen LogP contribution in [0, 0.1) is 6.92 Å². The lowest BCUT2D eigenvalue weighted by molar-refractivity contribution is -0.752. The van der Waals surface area contributed by atoms with Crippen LogP contribution in [0.1, 0.15) is 71.2 Å². The van der Waals surface area contributed by atoms with Gasteiger partial charge in [0.2, 0.25) is 6.23 Å². The topological polar surface area (TPSA) is 89.9 Å². The van der Waals surface area contributed by atoms with Crippen molar-refractivity contribution in [1.82, 2.24) is 14.7 Å². The minimum Gasteiger partial charge on any atom is -0.488 e. The van der Waals surface area contributed by atoms with Crippen LogP contribution in [0.3, 0.4) is 0 Å². The van der Waals surface area contributed by atoms with Gasteiger partial charge in [0.15, 0.2) is 5.56 Å². The highest BCUT2D eigenvalue weighted by molar-refractivity contribution is 5.90. The van der Waals surface area contributed by atoms with Gasteiger partial charge in [-0.3, -0.25) is 4.90 Å². The standard InChI is InChI=1S/C34H38N4O5/c1-6-27(30-10-7-11-31-37(30)23(5)43-33-29(34(39)40)17-35-38(31)33)32(21(2)3)42-19-25-13-12-24-18-36(15-14-28(24)22(25)4)26-9-8-16-41-20-26/h6-7,10-13,17,23,26H,1-2,8-9,14-16,18-20H2,3-5H3/p+1/b32-27-. The van der Waals surface area contributed by atoms with Gasteiger partial charge in [0.05, 0.1) is 18.4 Å². The van der Waals surface area contributed by atoms with Gasteiger partial charge in [0, 0.05) is 38.7 Å². The summed E-state index contributed by atoms with van der Waals surface area (Å²) in [7, 11) is 0. The number of aromatic carboxylic acids is 1. The molecule has 0 amide bonds. The molecule has 1 fully saturated rings. The molecule has 2 unspecified atom stereocenters. The van der Waals surface area contributed by atoms with Crippen LogP contribution >= 0.6 is 0 Å². The van der Waals surface area contributed by atoms with Crippen LogP contribution in [0.15, 0.2) is 67.1 Å². The van der Waals surface area contributed by atoms with Gasteiger partial charge in [-0.05, 0) is 73.1 Å². The zero-order chi connectivity index (χ0) is 30.2. The van der Waals surface area contributed by atoms with E-state index < -0.39 is 12.2 Å². The first-order valence-corrected chi connectivity index (χ1v) is 14.9. The molecule has 9 heteroatoms. The Labute approximate surface area is 252 Å². The van der Waals surface area contributed by atoms with E-state index in [0.29, 0.717) is 24.2 Å². The average Bonchev–Trinajstić information content (AvgIpc) is 3.44. The van der Waals surface area contributed by atoms with Crippen molar-refractivity contribution in [2.24, 2.45) is 0 Å². The molecule has 3 aromatic rings. The maximum Gasteiger partial charge on any atom is 0.345 e. The summed E-state index contributed by atoms with van der Waals surface area (Å²) in [6.45, 7) is 18.5. The van der Waals surface area contributed by atoms with Crippen molar-refractivity contribution in [1.29, 1.82) is 0 Å². The summed E-state index contributed by atoms with van der Waals surface area (Å²) >= 11 is 0. The summed E-state index contributed by atoms with van der Waals surface area (Å²) in [6, 6.07) is 10.7. The number of pyridine rings is 1. The predicted molar refractivity (Wildman–Crippen MR) is 162 cm³/mol. The minimum absolute atomic E-state index is 0.0186. The second kappa shape index (κ2) is 11.8. The molecule has 0 saturated carbocycles. The Bertz CT molecular complexity index is 1630. The Balaban J connectivity index is 1.29. The molecule has 0 radical (unpaired) electrons. The van der Waals surface area contributed by atoms with Crippen molar-refractivity contribution in [3.05, 3.63) is 101 Å². The normalized spacial score (nSPS) is 20.2. The fraction of sp³-hybridized carbons (Fsp3) is 0.382. The molecular weight excluding hydrogens is 544 g/mol. The van der Waals surface area contributed by atoms with E-state index in [4.69, 9.17) is 14.2 Å². The van der Waals surface area contributed by atoms with Crippen LogP contribution in [0.4, 0.5) is 0 Å². The smallest absolute Gasteiger partial charge is 0.345 e. The van der Waals surface area contributed by atoms with Gasteiger partial charge >= 0.3 is 17.7 Å². The summed E-state index contributed by atoms with van der Waals surface area (Å²) in [5.74, 6) is 0.437. The van der Waals surface area contributed by atoms with E-state index in [-0.39, 0.29) is 11.4 Å². The van der Waals surface area contributed by atoms with E-state index in [2.05, 4.69) is 42.2 Å². The predicted octanol–water partition coefficient (Wildman–Crippen LogP) is 5.30. The highest BCUT2D eigenvalue weighted by Gasteiger charge is 2.38. The number of hydrogen-bond acceptors (Lipinski definition) is 6. The number of hydrogen-bond donors (Lipinski definition) is 1. The highest BCUT2D eigenvalue weighted by Crippen LogP contribution is 2.33. The second-order valence-corrected chi connectivity index (χ2v) is 11.5. The van der Waals surface area contributed by atoms with Crippen LogP contribution in [0.2, 0.25) is 0 Å². The number of carboxylic acid groups (broad SMARTS) is 1. The molecule has 5 heterocycles. The molecule has 9 nitrogen and oxygen atoms in total. The summed E-state index contributed by atoms with van der Waals surface area (Å²) in [6.07, 6.45) is 5.95. The third-order valence-corrected chi connectivity index (χ3v) is 8.79. The molecule has 1 N–H and O–H groups in total. The molecular formula is C34H39N4O5+. The van der Waals surface area contributed by atoms with Crippen molar-refractivity contribution in [3.63, 3.8) is 0 Å². The molecule has 0 aliphatic carbocycles. The van der Waals surface area contributed by atoms with Gasteiger partial charge < -0.3 is 19.3 Å². The lowest BCUT2D eigenvalue weighted by atomic mass is 9.91. The lowest BCUT2D eigenvalue weighted by Gasteiger charge is -2.38. The van der Waals surface area contributed by atoms with Gasteiger partial charge in [-0.25, -0.2) is 4.79 Å². The van der Waals surface area contributed by atoms with Gasteiger partial charge in [-0.15, -0.1) is 0 Å². The maximum atomic E-state index is 11.7. The van der Waals surface area contributed by atoms with Crippen LogP contribution in [0.5, 0.6) is 5.88 Å². The second-order valence-electron chi connectivity index (χ2n) is 11.5. The van der Waals surface area contributed by atoms with E-state index in [0.717, 1.165) is 61.5 Å². The minimum atomic E-state index is -1.09. The molecule has 3 aliphatic rings. The van der Waals surface area contributed by atoms with Gasteiger partial charge in [0.1, 0.15) is 18.1 Å². The van der Waals surface area contributed by atoms with Gasteiger partial charge in [0.25, 0.3) is 0 Å². The fourth-order valence-corrected chi connectivity index (χ4v) is 6.54. The zero-order valence-corrected chi connectivity index (χ0v) is 25.1. The summed E-state index contributed by atoms with van der Waals surface area (Å²) in [4.78, 5) is 14.3. The first kappa shape index (κ1) is 28.9. The number of carboxylic acids is 1. The van der Waals surface area contributed by atoms with Crippen LogP contribution in [-0.4, -0.2) is 51.6 Å². The molecule has 6 rings (SSSR count). The Morgan fingerprint density at radius 2 is 2.14 bits per heavy atom. The van der Waals surface area contributed by atoms with Crippen molar-refractivity contribution in [2.45, 2.75) is 65.5 Å². The number of carbonyl (C=O) groups is 1. The molecule has 0 spiro atoms. The molecule has 1 saturated heterocycles. The SMILES string of the molecule is C=C/C(=C(/OCc1ccc2c(c1C)CCN(C1CCCOC1)C2)C(=C)C)c1cccc2[n+]1C(C)Oc1c(C(=O)O)cnn1-2. The number of ether oxygens (including phenoxy) is 3. The molecule has 0 bridgehead atoms. The molecule has 1 aromatic carbocycles. The lowest BCUT2D eigenvalue weighted by Crippen LogP contribution is -2.51. The largest absolute Gasteiger partial charge is 0.488 e. The Kier molecular flexibility index (Phi) is 7.94. The zero-order valence-electron chi connectivity index (χ0n) is 25.1. The molecule has 2 atom stereocenters. The maximum absolute atomic E-state index is 11.7. The fourth-order valence-electron chi connectivity index (χ4n) is 6.54. The number of allylic oxidation sites excluding steroid dienone is 3. The quantitative estimate of drug-likeness (QED) is 0.219. The number of fused-ring (bicyclic) bond motifs is 4. The van der Waals surface area contributed by atoms with Crippen LogP contribution in [0.25, 0.3) is 11.4 Å². The van der Waals surface area contributed by atoms with E-state index >= 15 is 0 Å². The molecule has 2 aromatic heterocycles. The van der Waals surface area contributed by atoms with Crippen molar-refractivity contribution < 1.29 is 28.7 Å². The highest BCUT2D eigenvalue weighted by atomic mass is 16.5. The molecule has 3 aliphatic heterocycles. The van der Waals surface area contributed by atoms with E-state index in [9.17, 15) is 9.90 Å². The Morgan fingerprint density at radius 3 is 2.86 bits per heavy atom. The van der Waals surface area contributed by atoms with Crippen LogP contribution in [-0.2, 0) is 29.0 Å². The van der Waals surface area contributed by atoms with E-state index in [1.807, 2.05) is 36.6 Å². The first-order chi connectivity index (χ1) is 20.8. The van der Waals surface area contributed by atoms with Crippen LogP contribution < -0.4 is 9.30 Å². The van der Waals surface area contributed by atoms with Gasteiger partial charge in [-0.2, -0.15) is 4.57 Å². The summed E-state index contributed by atoms with van der Waals surface area (Å²) in [5, 5.41) is 13.9. The van der Waals surface area contributed by atoms with E-state index in [1.165, 1.54) is 34.0 Å². The summed E-state index contributed by atoms with van der Waals surface area (Å²) in [5.41, 5.74) is 7.60. The van der Waals surface area contributed by atoms with Crippen molar-refractivity contribution in [2.75, 3.05) is 19.8 Å². The average molecular weight is 584 g/mol. The van der Waals surface area contributed by atoms with Gasteiger partial charge in [-0.1, -0.05) is 41.1 Å². The third kappa shape index (κ3) is 5.28. The number of benzene rings is 1. The Hall–Kier alpha value is -4.21. The van der Waals surface area contributed by atoms with Crippen molar-refractivity contribution >= 4 is 11.5 Å². The number of aromatic nitrogens is 3. The molecule has 43 heavy (non-hydrogen) atoms. The first-order valence-electron chi connectivity index (χ1n) is 14.9. The number of nitrogens with zero attached hydrogens (tertiary/aromatic N) is 4. The van der Waals surface area contributed by atoms with Crippen molar-refractivity contribution in [3.8, 4) is 11.7 Å². The third-order valence-electron chi connectivity index (χ3n) is 8.79. The van der Waals surface area contributed by atoms with E-state index in [1.54, 1.807) is 6.08 Å². The Morgan fingerprint density at radius 1 is 1.30 bits per heavy atom. The monoisotopic (exact) mass is 583 g/mol. The molecule has 224 valence electrons. The summed E-state index contributed by atoms with van der Waals surface area (Å²) < 4.78 is 21.8. The number of rotatable bonds is 8.